The minimum atomic E-state index is -0.941. The second kappa shape index (κ2) is 3.68. The Bertz CT molecular complexity index is 400. The number of benzene rings is 1. The number of rotatable bonds is 1. The van der Waals surface area contributed by atoms with Gasteiger partial charge >= 0.3 is 0 Å². The molecule has 1 aromatic rings. The lowest BCUT2D eigenvalue weighted by Gasteiger charge is -2.46. The third-order valence-corrected chi connectivity index (χ3v) is 3.83. The highest BCUT2D eigenvalue weighted by atomic mass is 16.1. The predicted molar refractivity (Wildman–Crippen MR) is 63.8 cm³/mol. The summed E-state index contributed by atoms with van der Waals surface area (Å²) in [5.74, 6) is 0.148. The summed E-state index contributed by atoms with van der Waals surface area (Å²) in [5.41, 5.74) is 11.5. The van der Waals surface area contributed by atoms with Gasteiger partial charge in [0.1, 0.15) is 5.78 Å². The van der Waals surface area contributed by atoms with Crippen LogP contribution in [0.4, 0.5) is 0 Å². The van der Waals surface area contributed by atoms with E-state index >= 15 is 0 Å². The number of carbonyl (C=O) groups excluding carboxylic acids is 1. The minimum absolute atomic E-state index is 0.148. The summed E-state index contributed by atoms with van der Waals surface area (Å²) in [5, 5.41) is 0. The summed E-state index contributed by atoms with van der Waals surface area (Å²) in [6.45, 7) is 1.86. The number of hydrogen-bond donors (Lipinski definition) is 2. The maximum absolute atomic E-state index is 12.2. The first-order chi connectivity index (χ1) is 7.48. The third-order valence-electron chi connectivity index (χ3n) is 3.83. The van der Waals surface area contributed by atoms with Crippen LogP contribution in [0.3, 0.4) is 0 Å². The van der Waals surface area contributed by atoms with E-state index in [1.165, 1.54) is 0 Å². The fourth-order valence-corrected chi connectivity index (χ4v) is 2.50. The van der Waals surface area contributed by atoms with Crippen LogP contribution < -0.4 is 11.5 Å². The highest BCUT2D eigenvalue weighted by molar-refractivity contribution is 5.92. The fraction of sp³-hybridized carbons (Fsp3) is 0.462. The fourth-order valence-electron chi connectivity index (χ4n) is 2.50. The van der Waals surface area contributed by atoms with Crippen molar-refractivity contribution in [3.8, 4) is 0 Å². The highest BCUT2D eigenvalue weighted by Gasteiger charge is 2.51. The molecule has 0 amide bonds. The molecule has 4 N–H and O–H groups in total. The number of nitrogens with two attached hydrogens (primary N) is 2. The van der Waals surface area contributed by atoms with Gasteiger partial charge in [0.25, 0.3) is 0 Å². The predicted octanol–water partition coefficient (Wildman–Crippen LogP) is 1.31. The molecule has 1 aliphatic rings. The Hall–Kier alpha value is -1.19. The van der Waals surface area contributed by atoms with Gasteiger partial charge in [0, 0.05) is 6.42 Å². The lowest BCUT2D eigenvalue weighted by Crippen LogP contribution is -2.68. The van der Waals surface area contributed by atoms with E-state index in [1.807, 2.05) is 37.3 Å². The zero-order chi connectivity index (χ0) is 11.8. The molecule has 1 aromatic carbocycles. The summed E-state index contributed by atoms with van der Waals surface area (Å²) >= 11 is 0. The zero-order valence-electron chi connectivity index (χ0n) is 9.57. The van der Waals surface area contributed by atoms with Gasteiger partial charge in [-0.05, 0) is 25.3 Å². The van der Waals surface area contributed by atoms with E-state index in [-0.39, 0.29) is 5.78 Å². The lowest BCUT2D eigenvalue weighted by molar-refractivity contribution is -0.129. The SMILES string of the molecule is CC1(c2ccccc2)C(=O)CCCC1(N)N. The van der Waals surface area contributed by atoms with E-state index in [2.05, 4.69) is 0 Å². The second-order valence-electron chi connectivity index (χ2n) is 4.81. The van der Waals surface area contributed by atoms with Crippen LogP contribution in [-0.4, -0.2) is 11.4 Å². The molecule has 86 valence electrons. The van der Waals surface area contributed by atoms with Crippen LogP contribution in [0, 0.1) is 0 Å². The van der Waals surface area contributed by atoms with Crippen LogP contribution in [-0.2, 0) is 10.2 Å². The maximum atomic E-state index is 12.2. The summed E-state index contributed by atoms with van der Waals surface area (Å²) in [6.07, 6.45) is 2.04. The monoisotopic (exact) mass is 218 g/mol. The summed E-state index contributed by atoms with van der Waals surface area (Å²) in [7, 11) is 0. The molecule has 0 saturated heterocycles. The number of carbonyl (C=O) groups is 1. The van der Waals surface area contributed by atoms with Crippen molar-refractivity contribution < 1.29 is 4.79 Å². The van der Waals surface area contributed by atoms with Crippen LogP contribution in [0.5, 0.6) is 0 Å². The van der Waals surface area contributed by atoms with Gasteiger partial charge in [-0.3, -0.25) is 4.79 Å². The first kappa shape index (κ1) is 11.3. The largest absolute Gasteiger partial charge is 0.312 e. The Kier molecular flexibility index (Phi) is 2.60. The average Bonchev–Trinajstić information content (AvgIpc) is 2.27. The highest BCUT2D eigenvalue weighted by Crippen LogP contribution is 2.39. The topological polar surface area (TPSA) is 69.1 Å². The summed E-state index contributed by atoms with van der Waals surface area (Å²) < 4.78 is 0. The van der Waals surface area contributed by atoms with E-state index in [9.17, 15) is 4.79 Å². The quantitative estimate of drug-likeness (QED) is 0.698. The summed E-state index contributed by atoms with van der Waals surface area (Å²) in [4.78, 5) is 12.2. The molecule has 0 bridgehead atoms. The van der Waals surface area contributed by atoms with Gasteiger partial charge in [0.2, 0.25) is 0 Å². The van der Waals surface area contributed by atoms with Gasteiger partial charge in [-0.1, -0.05) is 30.3 Å². The Labute approximate surface area is 95.8 Å². The van der Waals surface area contributed by atoms with Crippen molar-refractivity contribution in [3.05, 3.63) is 35.9 Å². The summed E-state index contributed by atoms with van der Waals surface area (Å²) in [6, 6.07) is 9.61. The van der Waals surface area contributed by atoms with Crippen LogP contribution in [0.15, 0.2) is 30.3 Å². The van der Waals surface area contributed by atoms with E-state index < -0.39 is 11.1 Å². The van der Waals surface area contributed by atoms with E-state index in [0.29, 0.717) is 12.8 Å². The van der Waals surface area contributed by atoms with Gasteiger partial charge in [-0.15, -0.1) is 0 Å². The minimum Gasteiger partial charge on any atom is -0.312 e. The molecule has 0 heterocycles. The smallest absolute Gasteiger partial charge is 0.146 e. The number of Topliss-reactive ketones (excluding diaryl/α,β-unsaturated/α-hetero) is 1. The van der Waals surface area contributed by atoms with Crippen molar-refractivity contribution in [2.75, 3.05) is 0 Å². The Morgan fingerprint density at radius 3 is 2.38 bits per heavy atom. The molecule has 3 nitrogen and oxygen atoms in total. The van der Waals surface area contributed by atoms with Crippen LogP contribution in [0.1, 0.15) is 31.7 Å². The average molecular weight is 218 g/mol. The molecule has 1 atom stereocenters. The molecule has 1 saturated carbocycles. The Morgan fingerprint density at radius 1 is 1.19 bits per heavy atom. The molecular formula is C13H18N2O. The van der Waals surface area contributed by atoms with Crippen LogP contribution >= 0.6 is 0 Å². The molecular weight excluding hydrogens is 200 g/mol. The molecule has 0 aliphatic heterocycles. The molecule has 0 radical (unpaired) electrons. The normalized spacial score (nSPS) is 29.1. The molecule has 0 aromatic heterocycles. The number of ketones is 1. The van der Waals surface area contributed by atoms with E-state index in [1.54, 1.807) is 0 Å². The first-order valence-corrected chi connectivity index (χ1v) is 5.65. The first-order valence-electron chi connectivity index (χ1n) is 5.65. The van der Waals surface area contributed by atoms with Gasteiger partial charge in [-0.25, -0.2) is 0 Å². The molecule has 16 heavy (non-hydrogen) atoms. The van der Waals surface area contributed by atoms with Crippen molar-refractivity contribution in [1.29, 1.82) is 0 Å². The Balaban J connectivity index is 2.52. The van der Waals surface area contributed by atoms with Crippen LogP contribution in [0.2, 0.25) is 0 Å². The van der Waals surface area contributed by atoms with Crippen molar-refractivity contribution in [1.82, 2.24) is 0 Å². The van der Waals surface area contributed by atoms with Gasteiger partial charge in [-0.2, -0.15) is 0 Å². The van der Waals surface area contributed by atoms with Crippen molar-refractivity contribution in [2.45, 2.75) is 37.3 Å². The van der Waals surface area contributed by atoms with Crippen molar-refractivity contribution >= 4 is 5.78 Å². The molecule has 1 fully saturated rings. The standard InChI is InChI=1S/C13H18N2O/c1-12(10-6-3-2-4-7-10)11(16)8-5-9-13(12,14)15/h2-4,6-7H,5,8-9,14-15H2,1H3. The molecule has 1 unspecified atom stereocenters. The van der Waals surface area contributed by atoms with Crippen molar-refractivity contribution in [2.24, 2.45) is 11.5 Å². The van der Waals surface area contributed by atoms with Gasteiger partial charge in [0.05, 0.1) is 11.1 Å². The molecule has 0 spiro atoms. The molecule has 2 rings (SSSR count). The van der Waals surface area contributed by atoms with Gasteiger partial charge < -0.3 is 11.5 Å². The zero-order valence-corrected chi connectivity index (χ0v) is 9.57. The third kappa shape index (κ3) is 1.47. The van der Waals surface area contributed by atoms with Crippen molar-refractivity contribution in [3.63, 3.8) is 0 Å². The van der Waals surface area contributed by atoms with E-state index in [0.717, 1.165) is 12.0 Å². The lowest BCUT2D eigenvalue weighted by atomic mass is 9.63. The molecule has 1 aliphatic carbocycles. The number of hydrogen-bond acceptors (Lipinski definition) is 3. The van der Waals surface area contributed by atoms with Gasteiger partial charge in [0.15, 0.2) is 0 Å². The van der Waals surface area contributed by atoms with E-state index in [4.69, 9.17) is 11.5 Å². The van der Waals surface area contributed by atoms with Crippen LogP contribution in [0.25, 0.3) is 0 Å². The molecule has 3 heteroatoms. The Morgan fingerprint density at radius 2 is 1.81 bits per heavy atom. The maximum Gasteiger partial charge on any atom is 0.146 e. The second-order valence-corrected chi connectivity index (χ2v) is 4.81.